The van der Waals surface area contributed by atoms with Gasteiger partial charge in [0.2, 0.25) is 0 Å². The Balaban J connectivity index is 0.000000420. The third-order valence-corrected chi connectivity index (χ3v) is 2.38. The van der Waals surface area contributed by atoms with Crippen LogP contribution in [0, 0.1) is 0 Å². The fraction of sp³-hybridized carbons (Fsp3) is 0. The molecule has 2 rings (SSSR count). The Hall–Kier alpha value is -3.61. The van der Waals surface area contributed by atoms with Gasteiger partial charge in [0.1, 0.15) is 5.75 Å². The van der Waals surface area contributed by atoms with Gasteiger partial charge >= 0.3 is 5.97 Å². The predicted molar refractivity (Wildman–Crippen MR) is 89.1 cm³/mol. The summed E-state index contributed by atoms with van der Waals surface area (Å²) in [5.41, 5.74) is 0.512. The number of carboxylic acids is 1. The van der Waals surface area contributed by atoms with Crippen LogP contribution < -0.4 is 0 Å². The van der Waals surface area contributed by atoms with Gasteiger partial charge in [-0.15, -0.1) is 13.2 Å². The predicted octanol–water partition coefficient (Wildman–Crippen LogP) is 2.80. The first-order chi connectivity index (χ1) is 11.3. The molecule has 0 bridgehead atoms. The zero-order chi connectivity index (χ0) is 18.7. The van der Waals surface area contributed by atoms with E-state index in [1.165, 1.54) is 36.4 Å². The van der Waals surface area contributed by atoms with Gasteiger partial charge in [0.05, 0.1) is 0 Å². The number of aliphatic carboxylic acids is 1. The van der Waals surface area contributed by atoms with Crippen LogP contribution in [0.3, 0.4) is 0 Å². The van der Waals surface area contributed by atoms with E-state index in [4.69, 9.17) is 30.6 Å². The van der Waals surface area contributed by atoms with E-state index in [-0.39, 0.29) is 28.7 Å². The second-order valence-corrected chi connectivity index (χ2v) is 4.09. The fourth-order valence-electron chi connectivity index (χ4n) is 1.32. The molecule has 0 fully saturated rings. The number of phenolic OH excluding ortho intramolecular Hbond substituents is 5. The Labute approximate surface area is 138 Å². The van der Waals surface area contributed by atoms with Gasteiger partial charge in [-0.1, -0.05) is 6.07 Å². The largest absolute Gasteiger partial charge is 0.508 e. The van der Waals surface area contributed by atoms with Crippen LogP contribution in [0.4, 0.5) is 0 Å². The van der Waals surface area contributed by atoms with Crippen LogP contribution in [-0.4, -0.2) is 36.6 Å². The van der Waals surface area contributed by atoms with Crippen molar-refractivity contribution in [2.45, 2.75) is 0 Å². The lowest BCUT2D eigenvalue weighted by molar-refractivity contribution is -0.131. The zero-order valence-corrected chi connectivity index (χ0v) is 12.6. The van der Waals surface area contributed by atoms with E-state index < -0.39 is 5.97 Å². The molecule has 0 aliphatic carbocycles. The topological polar surface area (TPSA) is 138 Å². The first kappa shape index (κ1) is 20.4. The number of phenols is 5. The summed E-state index contributed by atoms with van der Waals surface area (Å²) in [6, 6.07) is 7.62. The molecule has 7 nitrogen and oxygen atoms in total. The molecule has 0 saturated heterocycles. The number of carbonyl (C=O) groups is 1. The quantitative estimate of drug-likeness (QED) is 0.215. The average molecular weight is 334 g/mol. The van der Waals surface area contributed by atoms with Gasteiger partial charge in [-0.2, -0.15) is 0 Å². The van der Waals surface area contributed by atoms with Crippen LogP contribution in [-0.2, 0) is 4.79 Å². The molecule has 0 unspecified atom stereocenters. The standard InChI is InChI=1S/C9H8O4.C6H6O3.C2H4/c10-7-3-1-6(5-8(7)11)2-4-9(12)13;7-4-1-2-5(8)6(9)3-4;1-2/h1-5,10-11H,(H,12,13);1-3,7-9H;1-2H2. The van der Waals surface area contributed by atoms with E-state index in [0.717, 1.165) is 12.1 Å². The van der Waals surface area contributed by atoms with Crippen molar-refractivity contribution in [1.29, 1.82) is 0 Å². The van der Waals surface area contributed by atoms with E-state index >= 15 is 0 Å². The SMILES string of the molecule is C=C.O=C(O)C=Cc1ccc(O)c(O)c1.Oc1ccc(O)c(O)c1. The maximum atomic E-state index is 10.1. The molecule has 0 saturated carbocycles. The highest BCUT2D eigenvalue weighted by molar-refractivity contribution is 5.85. The van der Waals surface area contributed by atoms with Crippen molar-refractivity contribution in [1.82, 2.24) is 0 Å². The molecule has 0 heterocycles. The van der Waals surface area contributed by atoms with Crippen LogP contribution in [0.25, 0.3) is 6.08 Å². The first-order valence-electron chi connectivity index (χ1n) is 6.43. The molecule has 7 heteroatoms. The second-order valence-electron chi connectivity index (χ2n) is 4.09. The third-order valence-electron chi connectivity index (χ3n) is 2.38. The van der Waals surface area contributed by atoms with Crippen LogP contribution in [0.5, 0.6) is 28.7 Å². The Kier molecular flexibility index (Phi) is 8.64. The van der Waals surface area contributed by atoms with Gasteiger partial charge in [-0.3, -0.25) is 0 Å². The highest BCUT2D eigenvalue weighted by atomic mass is 16.4. The number of hydrogen-bond donors (Lipinski definition) is 6. The third kappa shape index (κ3) is 7.41. The number of benzene rings is 2. The van der Waals surface area contributed by atoms with E-state index in [9.17, 15) is 4.79 Å². The Morgan fingerprint density at radius 3 is 1.71 bits per heavy atom. The molecule has 0 amide bonds. The smallest absolute Gasteiger partial charge is 0.328 e. The minimum Gasteiger partial charge on any atom is -0.508 e. The van der Waals surface area contributed by atoms with Crippen LogP contribution in [0.2, 0.25) is 0 Å². The summed E-state index contributed by atoms with van der Waals surface area (Å²) in [7, 11) is 0. The van der Waals surface area contributed by atoms with E-state index in [1.54, 1.807) is 0 Å². The molecule has 0 spiro atoms. The summed E-state index contributed by atoms with van der Waals surface area (Å²) >= 11 is 0. The summed E-state index contributed by atoms with van der Waals surface area (Å²) in [6.45, 7) is 6.00. The summed E-state index contributed by atoms with van der Waals surface area (Å²) in [4.78, 5) is 10.1. The maximum Gasteiger partial charge on any atom is 0.328 e. The van der Waals surface area contributed by atoms with Crippen molar-refractivity contribution in [3.63, 3.8) is 0 Å². The highest BCUT2D eigenvalue weighted by Gasteiger charge is 1.98. The molecule has 0 aliphatic heterocycles. The molecule has 0 aromatic heterocycles. The molecule has 0 atom stereocenters. The zero-order valence-electron chi connectivity index (χ0n) is 12.6. The van der Waals surface area contributed by atoms with Gasteiger partial charge in [-0.25, -0.2) is 4.79 Å². The van der Waals surface area contributed by atoms with Gasteiger partial charge in [-0.05, 0) is 35.9 Å². The molecule has 128 valence electrons. The Bertz CT molecular complexity index is 708. The van der Waals surface area contributed by atoms with E-state index in [0.29, 0.717) is 5.56 Å². The maximum absolute atomic E-state index is 10.1. The molecule has 24 heavy (non-hydrogen) atoms. The van der Waals surface area contributed by atoms with Crippen LogP contribution >= 0.6 is 0 Å². The normalized spacial score (nSPS) is 9.33. The lowest BCUT2D eigenvalue weighted by Gasteiger charge is -1.97. The number of hydrogen-bond acceptors (Lipinski definition) is 6. The number of rotatable bonds is 2. The average Bonchev–Trinajstić information content (AvgIpc) is 2.55. The van der Waals surface area contributed by atoms with Crippen molar-refractivity contribution >= 4 is 12.0 Å². The van der Waals surface area contributed by atoms with Gasteiger partial charge < -0.3 is 30.6 Å². The van der Waals surface area contributed by atoms with Gasteiger partial charge in [0.25, 0.3) is 0 Å². The minimum atomic E-state index is -1.06. The van der Waals surface area contributed by atoms with Crippen molar-refractivity contribution in [3.8, 4) is 28.7 Å². The van der Waals surface area contributed by atoms with Gasteiger partial charge in [0, 0.05) is 12.1 Å². The summed E-state index contributed by atoms with van der Waals surface area (Å²) in [6.07, 6.45) is 2.27. The van der Waals surface area contributed by atoms with Crippen LogP contribution in [0.1, 0.15) is 5.56 Å². The lowest BCUT2D eigenvalue weighted by atomic mass is 10.2. The summed E-state index contributed by atoms with van der Waals surface area (Å²) in [5, 5.41) is 52.3. The highest BCUT2D eigenvalue weighted by Crippen LogP contribution is 2.27. The molecule has 2 aromatic rings. The Morgan fingerprint density at radius 1 is 0.792 bits per heavy atom. The minimum absolute atomic E-state index is 0.0645. The van der Waals surface area contributed by atoms with Crippen molar-refractivity contribution in [3.05, 3.63) is 61.2 Å². The second kappa shape index (κ2) is 10.2. The Morgan fingerprint density at radius 2 is 1.29 bits per heavy atom. The first-order valence-corrected chi connectivity index (χ1v) is 6.43. The van der Waals surface area contributed by atoms with E-state index in [2.05, 4.69) is 13.2 Å². The monoisotopic (exact) mass is 334 g/mol. The molecule has 6 N–H and O–H groups in total. The van der Waals surface area contributed by atoms with Crippen molar-refractivity contribution in [2.24, 2.45) is 0 Å². The molecule has 0 radical (unpaired) electrons. The number of aromatic hydroxyl groups is 5. The van der Waals surface area contributed by atoms with Crippen molar-refractivity contribution in [2.75, 3.05) is 0 Å². The summed E-state index contributed by atoms with van der Waals surface area (Å²) in [5.74, 6) is -2.17. The summed E-state index contributed by atoms with van der Waals surface area (Å²) < 4.78 is 0. The molecular weight excluding hydrogens is 316 g/mol. The molecule has 0 aliphatic rings. The molecular formula is C17H18O7. The molecule has 2 aromatic carbocycles. The van der Waals surface area contributed by atoms with Gasteiger partial charge in [0.15, 0.2) is 23.0 Å². The van der Waals surface area contributed by atoms with E-state index in [1.807, 2.05) is 0 Å². The van der Waals surface area contributed by atoms with Crippen LogP contribution in [0.15, 0.2) is 55.6 Å². The lowest BCUT2D eigenvalue weighted by Crippen LogP contribution is -1.85. The fourth-order valence-corrected chi connectivity index (χ4v) is 1.32. The number of carboxylic acid groups (broad SMARTS) is 1. The van der Waals surface area contributed by atoms with Crippen molar-refractivity contribution < 1.29 is 35.4 Å².